The van der Waals surface area contributed by atoms with Crippen LogP contribution in [0.15, 0.2) is 36.5 Å². The van der Waals surface area contributed by atoms with E-state index in [1.54, 1.807) is 61.8 Å². The molecule has 432 valence electrons. The summed E-state index contributed by atoms with van der Waals surface area (Å²) in [5.41, 5.74) is -0.850. The van der Waals surface area contributed by atoms with Crippen LogP contribution in [-0.2, 0) is 49.1 Å². The van der Waals surface area contributed by atoms with Gasteiger partial charge in [0.1, 0.15) is 48.8 Å². The summed E-state index contributed by atoms with van der Waals surface area (Å²) in [5, 5.41) is 68.7. The number of nitrogens with zero attached hydrogens (tertiary/aromatic N) is 5. The minimum Gasteiger partial charge on any atom is -0.459 e. The van der Waals surface area contributed by atoms with Crippen molar-refractivity contribution >= 4 is 11.5 Å². The Morgan fingerprint density at radius 1 is 0.974 bits per heavy atom. The average molecular weight is 1080 g/mol. The molecule has 0 bridgehead atoms. The van der Waals surface area contributed by atoms with Crippen LogP contribution in [0, 0.1) is 17.8 Å². The SMILES string of the molecule is CC[C@H]1OC(=O)[C@H](C)[C@@H](O[C@H]2C[C@@](C)(OC)[C@@H](O)[C@H](C)O2)[C@H](C)[C@@H](O[C@@H]2O[C@H](C)C[C@H](N(C)CCc3cn([C@H](CF)[C@H](OC)c4ccc(C5=CCOCC5)cc4)nn3)[C@H]2O)[C@](C)(O)C[C@@H](C)CN(C)[C@H](C)[C@@H](O)[C@]1(C)O. The van der Waals surface area contributed by atoms with E-state index in [1.165, 1.54) is 24.3 Å². The lowest BCUT2D eigenvalue weighted by Crippen LogP contribution is -2.61. The first kappa shape index (κ1) is 62.1. The largest absolute Gasteiger partial charge is 0.459 e. The number of aliphatic hydroxyl groups is 5. The number of carbonyl (C=O) groups excluding carboxylic acids is 1. The molecule has 1 aromatic carbocycles. The number of aromatic nitrogens is 3. The Balaban J connectivity index is 1.25. The summed E-state index contributed by atoms with van der Waals surface area (Å²) in [6.07, 6.45) is -5.00. The van der Waals surface area contributed by atoms with E-state index in [4.69, 9.17) is 37.9 Å². The molecule has 0 unspecified atom stereocenters. The van der Waals surface area contributed by atoms with Crippen molar-refractivity contribution in [3.63, 3.8) is 0 Å². The molecule has 20 atom stereocenters. The Bertz CT molecular complexity index is 2170. The highest BCUT2D eigenvalue weighted by Gasteiger charge is 2.53. The summed E-state index contributed by atoms with van der Waals surface area (Å²) in [6, 6.07) is 6.11. The highest BCUT2D eigenvalue weighted by molar-refractivity contribution is 5.73. The topological polar surface area (TPSA) is 229 Å². The first-order valence-corrected chi connectivity index (χ1v) is 27.4. The lowest BCUT2D eigenvalue weighted by atomic mass is 9.77. The van der Waals surface area contributed by atoms with Crippen LogP contribution in [0.25, 0.3) is 5.57 Å². The summed E-state index contributed by atoms with van der Waals surface area (Å²) in [6.45, 7) is 18.8. The second kappa shape index (κ2) is 26.5. The fraction of sp³-hybridized carbons (Fsp3) is 0.804. The zero-order chi connectivity index (χ0) is 56.0. The van der Waals surface area contributed by atoms with Gasteiger partial charge >= 0.3 is 5.97 Å². The molecule has 0 aliphatic carbocycles. The second-order valence-corrected chi connectivity index (χ2v) is 23.2. The number of hydrogen-bond donors (Lipinski definition) is 5. The molecule has 0 radical (unpaired) electrons. The maximum absolute atomic E-state index is 14.9. The molecule has 3 fully saturated rings. The molecule has 20 heteroatoms. The molecule has 76 heavy (non-hydrogen) atoms. The number of carbonyl (C=O) groups is 1. The smallest absolute Gasteiger partial charge is 0.311 e. The van der Waals surface area contributed by atoms with E-state index in [2.05, 4.69) is 16.4 Å². The summed E-state index contributed by atoms with van der Waals surface area (Å²) < 4.78 is 66.2. The van der Waals surface area contributed by atoms with E-state index >= 15 is 0 Å². The molecular formula is C56H92FN5O14. The van der Waals surface area contributed by atoms with Crippen molar-refractivity contribution in [1.29, 1.82) is 0 Å². The summed E-state index contributed by atoms with van der Waals surface area (Å²) in [7, 11) is 6.78. The van der Waals surface area contributed by atoms with E-state index in [9.17, 15) is 34.7 Å². The molecule has 2 aromatic rings. The van der Waals surface area contributed by atoms with Crippen molar-refractivity contribution in [3.05, 3.63) is 53.4 Å². The van der Waals surface area contributed by atoms with Crippen molar-refractivity contribution in [3.8, 4) is 0 Å². The molecule has 3 saturated heterocycles. The number of methoxy groups -OCH3 is 2. The minimum atomic E-state index is -1.85. The maximum atomic E-state index is 14.9. The summed E-state index contributed by atoms with van der Waals surface area (Å²) in [5.74, 6) is -2.87. The van der Waals surface area contributed by atoms with Crippen LogP contribution in [0.5, 0.6) is 0 Å². The summed E-state index contributed by atoms with van der Waals surface area (Å²) in [4.78, 5) is 18.5. The molecule has 4 aliphatic rings. The van der Waals surface area contributed by atoms with E-state index < -0.39 is 127 Å². The first-order chi connectivity index (χ1) is 35.8. The van der Waals surface area contributed by atoms with E-state index in [1.807, 2.05) is 62.0 Å². The number of ether oxygens (including phenoxy) is 8. The van der Waals surface area contributed by atoms with Gasteiger partial charge in [0.2, 0.25) is 0 Å². The van der Waals surface area contributed by atoms with Crippen LogP contribution >= 0.6 is 0 Å². The number of halogens is 1. The fourth-order valence-corrected chi connectivity index (χ4v) is 12.2. The third-order valence-corrected chi connectivity index (χ3v) is 17.1. The number of hydrogen-bond acceptors (Lipinski definition) is 18. The Hall–Kier alpha value is -3.06. The standard InChI is InChI=1S/C56H92FN5O14/c1-15-44-56(10,68)49(64)36(6)61(12)30-32(2)27-54(8,67)51(34(4)47(35(5)52(66)74-44)75-45-28-55(9,70-14)50(65)37(7)73-45)76-53-46(63)42(26-33(3)72-53)60(11)23-20-41-31-62(59-58-41)43(29-57)48(69-13)40-18-16-38(17-19-40)39-21-24-71-25-22-39/h16-19,21,31-37,42-51,53,63-65,67-68H,15,20,22-30H2,1-14H3/t32-,33-,34+,35-,36-,37+,42+,43-,44-,45+,46-,47+,48-,49-,50+,51-,53+,54-,55-,56-/m1/s1. The van der Waals surface area contributed by atoms with Gasteiger partial charge in [-0.3, -0.25) is 4.79 Å². The highest BCUT2D eigenvalue weighted by Crippen LogP contribution is 2.41. The highest BCUT2D eigenvalue weighted by atomic mass is 19.1. The zero-order valence-corrected chi connectivity index (χ0v) is 47.6. The third-order valence-electron chi connectivity index (χ3n) is 17.1. The Labute approximate surface area is 450 Å². The first-order valence-electron chi connectivity index (χ1n) is 27.4. The second-order valence-electron chi connectivity index (χ2n) is 23.2. The van der Waals surface area contributed by atoms with Crippen LogP contribution in [-0.4, -0.2) is 208 Å². The van der Waals surface area contributed by atoms with Crippen LogP contribution in [0.3, 0.4) is 0 Å². The minimum absolute atomic E-state index is 0.0856. The number of alkyl halides is 1. The monoisotopic (exact) mass is 1080 g/mol. The number of rotatable bonds is 16. The van der Waals surface area contributed by atoms with Crippen LogP contribution in [0.4, 0.5) is 4.39 Å². The molecule has 5 N–H and O–H groups in total. The van der Waals surface area contributed by atoms with Gasteiger partial charge in [-0.25, -0.2) is 9.07 Å². The lowest BCUT2D eigenvalue weighted by Gasteiger charge is -2.49. The number of esters is 1. The van der Waals surface area contributed by atoms with Gasteiger partial charge in [-0.05, 0) is 111 Å². The van der Waals surface area contributed by atoms with E-state index in [0.717, 1.165) is 17.5 Å². The molecule has 1 aromatic heterocycles. The van der Waals surface area contributed by atoms with Crippen LogP contribution in [0.1, 0.15) is 130 Å². The fourth-order valence-electron chi connectivity index (χ4n) is 12.2. The molecule has 4 aliphatic heterocycles. The Kier molecular flexibility index (Phi) is 21.6. The van der Waals surface area contributed by atoms with Crippen molar-refractivity contribution in [2.45, 2.75) is 210 Å². The van der Waals surface area contributed by atoms with Crippen LogP contribution in [0.2, 0.25) is 0 Å². The van der Waals surface area contributed by atoms with Gasteiger partial charge in [0.15, 0.2) is 12.6 Å². The Morgan fingerprint density at radius 3 is 2.29 bits per heavy atom. The van der Waals surface area contributed by atoms with Gasteiger partial charge in [0, 0.05) is 64.3 Å². The van der Waals surface area contributed by atoms with E-state index in [0.29, 0.717) is 44.8 Å². The van der Waals surface area contributed by atoms with Crippen molar-refractivity contribution in [2.24, 2.45) is 17.8 Å². The molecular weight excluding hydrogens is 986 g/mol. The average Bonchev–Trinajstić information content (AvgIpc) is 3.87. The molecule has 0 saturated carbocycles. The lowest BCUT2D eigenvalue weighted by molar-refractivity contribution is -0.318. The van der Waals surface area contributed by atoms with Gasteiger partial charge in [-0.2, -0.15) is 0 Å². The molecule has 19 nitrogen and oxygen atoms in total. The van der Waals surface area contributed by atoms with E-state index in [-0.39, 0.29) is 25.2 Å². The zero-order valence-electron chi connectivity index (χ0n) is 47.6. The molecule has 6 rings (SSSR count). The third kappa shape index (κ3) is 14.3. The number of aliphatic hydroxyl groups excluding tert-OH is 3. The van der Waals surface area contributed by atoms with Crippen molar-refractivity contribution in [1.82, 2.24) is 24.8 Å². The predicted octanol–water partition coefficient (Wildman–Crippen LogP) is 4.81. The predicted molar refractivity (Wildman–Crippen MR) is 281 cm³/mol. The molecule has 0 amide bonds. The van der Waals surface area contributed by atoms with Gasteiger partial charge in [0.25, 0.3) is 0 Å². The number of cyclic esters (lactones) is 1. The molecule has 5 heterocycles. The van der Waals surface area contributed by atoms with Crippen molar-refractivity contribution < 1.29 is 72.6 Å². The van der Waals surface area contributed by atoms with Gasteiger partial charge in [0.05, 0.1) is 60.4 Å². The maximum Gasteiger partial charge on any atom is 0.311 e. The van der Waals surface area contributed by atoms with Gasteiger partial charge < -0.3 is 73.2 Å². The van der Waals surface area contributed by atoms with Crippen molar-refractivity contribution in [2.75, 3.05) is 61.3 Å². The quantitative estimate of drug-likeness (QED) is 0.142. The van der Waals surface area contributed by atoms with Gasteiger partial charge in [-0.15, -0.1) is 5.10 Å². The van der Waals surface area contributed by atoms with Gasteiger partial charge in [-0.1, -0.05) is 56.3 Å². The normalized spacial score (nSPS) is 39.7. The molecule has 0 spiro atoms. The summed E-state index contributed by atoms with van der Waals surface area (Å²) >= 11 is 0. The Morgan fingerprint density at radius 2 is 1.67 bits per heavy atom. The number of likely N-dealkylation sites (N-methyl/N-ethyl adjacent to an activating group) is 2. The number of benzene rings is 1. The van der Waals surface area contributed by atoms with Crippen LogP contribution < -0.4 is 0 Å².